The molecule has 0 saturated carbocycles. The van der Waals surface area contributed by atoms with Crippen molar-refractivity contribution < 1.29 is 27.8 Å². The van der Waals surface area contributed by atoms with E-state index in [2.05, 4.69) is 10.1 Å². The molecule has 0 amide bonds. The number of esters is 1. The van der Waals surface area contributed by atoms with E-state index >= 15 is 0 Å². The van der Waals surface area contributed by atoms with Crippen molar-refractivity contribution in [3.8, 4) is 0 Å². The summed E-state index contributed by atoms with van der Waals surface area (Å²) in [5.41, 5.74) is 0. The summed E-state index contributed by atoms with van der Waals surface area (Å²) in [6.45, 7) is 2.13. The third-order valence-electron chi connectivity index (χ3n) is 1.90. The van der Waals surface area contributed by atoms with Gasteiger partial charge in [-0.25, -0.2) is 0 Å². The first-order valence-corrected chi connectivity index (χ1v) is 5.46. The molecule has 0 aliphatic carbocycles. The van der Waals surface area contributed by atoms with Crippen molar-refractivity contribution in [1.29, 1.82) is 0 Å². The maximum atomic E-state index is 11.8. The molecule has 4 nitrogen and oxygen atoms in total. The van der Waals surface area contributed by atoms with Crippen LogP contribution in [0.2, 0.25) is 0 Å². The Kier molecular flexibility index (Phi) is 7.90. The summed E-state index contributed by atoms with van der Waals surface area (Å²) in [5, 5.41) is 12.0. The van der Waals surface area contributed by atoms with E-state index in [0.717, 1.165) is 0 Å². The minimum absolute atomic E-state index is 0.0460. The van der Waals surface area contributed by atoms with E-state index in [4.69, 9.17) is 0 Å². The maximum Gasteiger partial charge on any atom is 0.389 e. The van der Waals surface area contributed by atoms with Crippen molar-refractivity contribution in [3.63, 3.8) is 0 Å². The monoisotopic (exact) mass is 257 g/mol. The van der Waals surface area contributed by atoms with Gasteiger partial charge in [-0.05, 0) is 19.9 Å². The quantitative estimate of drug-likeness (QED) is 0.507. The third kappa shape index (κ3) is 11.4. The molecule has 0 fully saturated rings. The number of aliphatic hydroxyl groups is 1. The molecule has 0 aromatic heterocycles. The molecule has 0 heterocycles. The molecule has 0 aromatic carbocycles. The van der Waals surface area contributed by atoms with Gasteiger partial charge in [0.25, 0.3) is 0 Å². The van der Waals surface area contributed by atoms with Gasteiger partial charge in [-0.2, -0.15) is 13.2 Å². The molecule has 0 bridgehead atoms. The van der Waals surface area contributed by atoms with Crippen molar-refractivity contribution in [2.24, 2.45) is 0 Å². The number of carbonyl (C=O) groups is 1. The van der Waals surface area contributed by atoms with Gasteiger partial charge in [0, 0.05) is 13.0 Å². The predicted octanol–water partition coefficient (Wildman–Crippen LogP) is 1.23. The Hall–Kier alpha value is -0.820. The maximum absolute atomic E-state index is 11.8. The summed E-state index contributed by atoms with van der Waals surface area (Å²) >= 11 is 0. The van der Waals surface area contributed by atoms with Gasteiger partial charge < -0.3 is 15.2 Å². The lowest BCUT2D eigenvalue weighted by Gasteiger charge is -2.11. The number of nitrogens with one attached hydrogen (secondary N) is 1. The second kappa shape index (κ2) is 8.30. The number of alkyl halides is 3. The number of halogens is 3. The fourth-order valence-corrected chi connectivity index (χ4v) is 1.17. The second-order valence-electron chi connectivity index (χ2n) is 3.59. The summed E-state index contributed by atoms with van der Waals surface area (Å²) in [6.07, 6.45) is -6.13. The standard InChI is InChI=1S/C10H18F3NO3/c1-2-17-9(16)6-8(15)7-14-5-3-4-10(11,12)13/h8,14-15H,2-7H2,1H3. The van der Waals surface area contributed by atoms with Gasteiger partial charge in [-0.3, -0.25) is 4.79 Å². The largest absolute Gasteiger partial charge is 0.466 e. The topological polar surface area (TPSA) is 58.6 Å². The zero-order chi connectivity index (χ0) is 13.3. The van der Waals surface area contributed by atoms with Gasteiger partial charge >= 0.3 is 12.1 Å². The summed E-state index contributed by atoms with van der Waals surface area (Å²) in [7, 11) is 0. The number of hydrogen-bond donors (Lipinski definition) is 2. The average molecular weight is 257 g/mol. The zero-order valence-electron chi connectivity index (χ0n) is 9.72. The van der Waals surface area contributed by atoms with Crippen LogP contribution in [0.4, 0.5) is 13.2 Å². The molecule has 0 spiro atoms. The molecular formula is C10H18F3NO3. The van der Waals surface area contributed by atoms with Crippen molar-refractivity contribution in [3.05, 3.63) is 0 Å². The van der Waals surface area contributed by atoms with Gasteiger partial charge in [0.1, 0.15) is 0 Å². The van der Waals surface area contributed by atoms with E-state index in [1.165, 1.54) is 0 Å². The van der Waals surface area contributed by atoms with Gasteiger partial charge in [0.2, 0.25) is 0 Å². The van der Waals surface area contributed by atoms with Gasteiger partial charge in [0.05, 0.1) is 19.1 Å². The van der Waals surface area contributed by atoms with Crippen molar-refractivity contribution >= 4 is 5.97 Å². The summed E-state index contributed by atoms with van der Waals surface area (Å²) in [4.78, 5) is 10.9. The Labute approximate surface area is 98.1 Å². The first-order valence-electron chi connectivity index (χ1n) is 5.46. The van der Waals surface area contributed by atoms with E-state index in [0.29, 0.717) is 0 Å². The minimum Gasteiger partial charge on any atom is -0.466 e. The predicted molar refractivity (Wildman–Crippen MR) is 55.4 cm³/mol. The number of ether oxygens (including phenoxy) is 1. The van der Waals surface area contributed by atoms with Crippen molar-refractivity contribution in [2.45, 2.75) is 38.5 Å². The first kappa shape index (κ1) is 16.2. The number of carbonyl (C=O) groups excluding carboxylic acids is 1. The van der Waals surface area contributed by atoms with Crippen LogP contribution in [0.1, 0.15) is 26.2 Å². The molecule has 7 heteroatoms. The molecule has 0 aromatic rings. The smallest absolute Gasteiger partial charge is 0.389 e. The Morgan fingerprint density at radius 1 is 1.47 bits per heavy atom. The molecule has 0 aliphatic rings. The van der Waals surface area contributed by atoms with Gasteiger partial charge in [-0.15, -0.1) is 0 Å². The molecule has 0 rings (SSSR count). The fraction of sp³-hybridized carbons (Fsp3) is 0.900. The lowest BCUT2D eigenvalue weighted by molar-refractivity contribution is -0.145. The highest BCUT2D eigenvalue weighted by Gasteiger charge is 2.25. The Morgan fingerprint density at radius 2 is 2.12 bits per heavy atom. The number of rotatable bonds is 8. The van der Waals surface area contributed by atoms with E-state index in [9.17, 15) is 23.1 Å². The molecular weight excluding hydrogens is 239 g/mol. The second-order valence-corrected chi connectivity index (χ2v) is 3.59. The van der Waals surface area contributed by atoms with Crippen LogP contribution >= 0.6 is 0 Å². The van der Waals surface area contributed by atoms with Crippen LogP contribution < -0.4 is 5.32 Å². The highest BCUT2D eigenvalue weighted by Crippen LogP contribution is 2.20. The molecule has 1 atom stereocenters. The zero-order valence-corrected chi connectivity index (χ0v) is 9.72. The molecule has 0 aliphatic heterocycles. The van der Waals surface area contributed by atoms with E-state index in [1.54, 1.807) is 6.92 Å². The van der Waals surface area contributed by atoms with Gasteiger partial charge in [0.15, 0.2) is 0 Å². The van der Waals surface area contributed by atoms with Crippen LogP contribution in [-0.4, -0.2) is 43.1 Å². The Morgan fingerprint density at radius 3 is 2.65 bits per heavy atom. The van der Waals surface area contributed by atoms with Crippen LogP contribution in [0.25, 0.3) is 0 Å². The number of hydrogen-bond acceptors (Lipinski definition) is 4. The SMILES string of the molecule is CCOC(=O)CC(O)CNCCCC(F)(F)F. The van der Waals surface area contributed by atoms with Crippen molar-refractivity contribution in [1.82, 2.24) is 5.32 Å². The first-order chi connectivity index (χ1) is 7.85. The normalized spacial score (nSPS) is 13.5. The fourth-order valence-electron chi connectivity index (χ4n) is 1.17. The number of aliphatic hydroxyl groups excluding tert-OH is 1. The minimum atomic E-state index is -4.15. The summed E-state index contributed by atoms with van der Waals surface area (Å²) < 4.78 is 39.9. The lowest BCUT2D eigenvalue weighted by Crippen LogP contribution is -2.30. The van der Waals surface area contributed by atoms with Crippen LogP contribution in [0.5, 0.6) is 0 Å². The Balaban J connectivity index is 3.45. The summed E-state index contributed by atoms with van der Waals surface area (Å²) in [6, 6.07) is 0. The van der Waals surface area contributed by atoms with Gasteiger partial charge in [-0.1, -0.05) is 0 Å². The Bertz CT molecular complexity index is 221. The molecule has 1 unspecified atom stereocenters. The van der Waals surface area contributed by atoms with Crippen LogP contribution in [-0.2, 0) is 9.53 Å². The molecule has 17 heavy (non-hydrogen) atoms. The molecule has 0 radical (unpaired) electrons. The third-order valence-corrected chi connectivity index (χ3v) is 1.90. The molecule has 0 saturated heterocycles. The van der Waals surface area contributed by atoms with Crippen LogP contribution in [0.15, 0.2) is 0 Å². The average Bonchev–Trinajstić information content (AvgIpc) is 2.15. The summed E-state index contributed by atoms with van der Waals surface area (Å²) in [5.74, 6) is -0.517. The van der Waals surface area contributed by atoms with Crippen LogP contribution in [0, 0.1) is 0 Å². The highest BCUT2D eigenvalue weighted by molar-refractivity contribution is 5.69. The van der Waals surface area contributed by atoms with Crippen LogP contribution in [0.3, 0.4) is 0 Å². The van der Waals surface area contributed by atoms with Crippen molar-refractivity contribution in [2.75, 3.05) is 19.7 Å². The molecule has 2 N–H and O–H groups in total. The molecule has 102 valence electrons. The lowest BCUT2D eigenvalue weighted by atomic mass is 10.2. The highest BCUT2D eigenvalue weighted by atomic mass is 19.4. The van der Waals surface area contributed by atoms with E-state index in [-0.39, 0.29) is 32.5 Å². The van der Waals surface area contributed by atoms with E-state index < -0.39 is 24.7 Å². The van der Waals surface area contributed by atoms with E-state index in [1.807, 2.05) is 0 Å².